The molecule has 0 aliphatic rings. The largest absolute Gasteiger partial charge is 0.394 e. The van der Waals surface area contributed by atoms with Gasteiger partial charge in [-0.05, 0) is 20.3 Å². The average Bonchev–Trinajstić information content (AvgIpc) is 2.13. The average molecular weight is 187 g/mol. The molecule has 0 saturated heterocycles. The van der Waals surface area contributed by atoms with Gasteiger partial charge in [-0.3, -0.25) is 0 Å². The lowest BCUT2D eigenvalue weighted by molar-refractivity contribution is 0.0908. The lowest BCUT2D eigenvalue weighted by atomic mass is 9.98. The molecule has 0 aromatic rings. The summed E-state index contributed by atoms with van der Waals surface area (Å²) in [5, 5.41) is 21.3. The third-order valence-corrected chi connectivity index (χ3v) is 2.27. The summed E-state index contributed by atoms with van der Waals surface area (Å²) in [6.45, 7) is 6.62. The molecule has 0 bridgehead atoms. The Hall–Kier alpha value is -0.380. The smallest absolute Gasteiger partial charge is 0.0647 e. The van der Waals surface area contributed by atoms with Crippen molar-refractivity contribution in [2.45, 2.75) is 32.7 Å². The summed E-state index contributed by atoms with van der Waals surface area (Å²) in [6.07, 6.45) is 2.76. The fourth-order valence-electron chi connectivity index (χ4n) is 0.982. The number of aliphatic hydroxyl groups is 2. The highest BCUT2D eigenvalue weighted by Crippen LogP contribution is 2.07. The van der Waals surface area contributed by atoms with E-state index >= 15 is 0 Å². The highest BCUT2D eigenvalue weighted by atomic mass is 16.3. The van der Waals surface area contributed by atoms with Crippen molar-refractivity contribution < 1.29 is 10.2 Å². The quantitative estimate of drug-likeness (QED) is 0.536. The molecule has 0 radical (unpaired) electrons. The van der Waals surface area contributed by atoms with Gasteiger partial charge in [-0.1, -0.05) is 18.6 Å². The van der Waals surface area contributed by atoms with E-state index in [2.05, 4.69) is 5.32 Å². The molecule has 0 aliphatic carbocycles. The van der Waals surface area contributed by atoms with Gasteiger partial charge < -0.3 is 15.5 Å². The van der Waals surface area contributed by atoms with Crippen molar-refractivity contribution in [3.63, 3.8) is 0 Å². The zero-order valence-corrected chi connectivity index (χ0v) is 8.80. The molecule has 3 heteroatoms. The van der Waals surface area contributed by atoms with Crippen LogP contribution in [0.4, 0.5) is 0 Å². The Morgan fingerprint density at radius 1 is 1.31 bits per heavy atom. The third-order valence-electron chi connectivity index (χ3n) is 2.27. The van der Waals surface area contributed by atoms with Crippen molar-refractivity contribution in [1.82, 2.24) is 5.32 Å². The molecule has 0 aromatic heterocycles. The number of rotatable bonds is 6. The zero-order chi connectivity index (χ0) is 10.3. The van der Waals surface area contributed by atoms with Gasteiger partial charge in [0, 0.05) is 6.54 Å². The molecule has 0 heterocycles. The summed E-state index contributed by atoms with van der Waals surface area (Å²) in [5.74, 6) is 0. The summed E-state index contributed by atoms with van der Waals surface area (Å²) >= 11 is 0. The van der Waals surface area contributed by atoms with Crippen LogP contribution in [0.25, 0.3) is 0 Å². The van der Waals surface area contributed by atoms with Gasteiger partial charge in [0.15, 0.2) is 0 Å². The van der Waals surface area contributed by atoms with Crippen LogP contribution in [0.1, 0.15) is 27.2 Å². The van der Waals surface area contributed by atoms with Gasteiger partial charge in [-0.25, -0.2) is 0 Å². The molecule has 13 heavy (non-hydrogen) atoms. The summed E-state index contributed by atoms with van der Waals surface area (Å²) in [4.78, 5) is 0. The fourth-order valence-corrected chi connectivity index (χ4v) is 0.982. The molecule has 0 saturated carbocycles. The van der Waals surface area contributed by atoms with Gasteiger partial charge in [0.2, 0.25) is 0 Å². The summed E-state index contributed by atoms with van der Waals surface area (Å²) in [7, 11) is 0. The molecule has 0 amide bonds. The normalized spacial score (nSPS) is 11.5. The molecule has 0 atom stereocenters. The zero-order valence-electron chi connectivity index (χ0n) is 8.80. The molecule has 78 valence electrons. The molecular formula is C10H21NO2. The molecular weight excluding hydrogens is 166 g/mol. The number of aliphatic hydroxyl groups excluding tert-OH is 2. The first kappa shape index (κ1) is 12.6. The number of nitrogens with one attached hydrogen (secondary N) is 1. The van der Waals surface area contributed by atoms with E-state index in [1.165, 1.54) is 5.57 Å². The van der Waals surface area contributed by atoms with Crippen LogP contribution in [0, 0.1) is 0 Å². The van der Waals surface area contributed by atoms with Gasteiger partial charge in [-0.2, -0.15) is 0 Å². The predicted molar refractivity (Wildman–Crippen MR) is 54.6 cm³/mol. The van der Waals surface area contributed by atoms with Crippen molar-refractivity contribution in [3.8, 4) is 0 Å². The Balaban J connectivity index is 4.03. The second-order valence-electron chi connectivity index (χ2n) is 3.61. The Morgan fingerprint density at radius 3 is 2.15 bits per heavy atom. The van der Waals surface area contributed by atoms with Crippen LogP contribution in [0.5, 0.6) is 0 Å². The number of allylic oxidation sites excluding steroid dienone is 1. The SMILES string of the molecule is CCC(CO)(CO)NCC=C(C)C. The van der Waals surface area contributed by atoms with Crippen molar-refractivity contribution in [3.05, 3.63) is 11.6 Å². The monoisotopic (exact) mass is 187 g/mol. The van der Waals surface area contributed by atoms with Crippen LogP contribution in [-0.2, 0) is 0 Å². The van der Waals surface area contributed by atoms with E-state index in [1.54, 1.807) is 0 Å². The topological polar surface area (TPSA) is 52.5 Å². The van der Waals surface area contributed by atoms with E-state index in [0.29, 0.717) is 6.54 Å². The molecule has 0 rings (SSSR count). The highest BCUT2D eigenvalue weighted by Gasteiger charge is 2.24. The van der Waals surface area contributed by atoms with Crippen LogP contribution < -0.4 is 5.32 Å². The van der Waals surface area contributed by atoms with Crippen molar-refractivity contribution in [2.75, 3.05) is 19.8 Å². The fraction of sp³-hybridized carbons (Fsp3) is 0.800. The highest BCUT2D eigenvalue weighted by molar-refractivity contribution is 4.97. The van der Waals surface area contributed by atoms with E-state index in [4.69, 9.17) is 10.2 Å². The van der Waals surface area contributed by atoms with Gasteiger partial charge in [-0.15, -0.1) is 0 Å². The maximum atomic E-state index is 9.10. The van der Waals surface area contributed by atoms with Crippen LogP contribution in [-0.4, -0.2) is 35.5 Å². The van der Waals surface area contributed by atoms with Crippen molar-refractivity contribution in [1.29, 1.82) is 0 Å². The Kier molecular flexibility index (Phi) is 5.95. The lowest BCUT2D eigenvalue weighted by Crippen LogP contribution is -2.51. The van der Waals surface area contributed by atoms with Crippen LogP contribution in [0.15, 0.2) is 11.6 Å². The van der Waals surface area contributed by atoms with Gasteiger partial charge in [0.25, 0.3) is 0 Å². The summed E-state index contributed by atoms with van der Waals surface area (Å²) in [5.41, 5.74) is 0.708. The molecule has 0 unspecified atom stereocenters. The Bertz CT molecular complexity index is 150. The van der Waals surface area contributed by atoms with Crippen LogP contribution >= 0.6 is 0 Å². The standard InChI is InChI=1S/C10H21NO2/c1-4-10(7-12,8-13)11-6-5-9(2)3/h5,11-13H,4,6-8H2,1-3H3. The minimum atomic E-state index is -0.522. The molecule has 0 spiro atoms. The van der Waals surface area contributed by atoms with Crippen LogP contribution in [0.2, 0.25) is 0 Å². The van der Waals surface area contributed by atoms with E-state index in [0.717, 1.165) is 6.42 Å². The first-order chi connectivity index (χ1) is 6.10. The molecule has 3 nitrogen and oxygen atoms in total. The maximum Gasteiger partial charge on any atom is 0.0647 e. The predicted octanol–water partition coefficient (Wildman–Crippen LogP) is 0.676. The molecule has 0 fully saturated rings. The second-order valence-corrected chi connectivity index (χ2v) is 3.61. The molecule has 0 aromatic carbocycles. The first-order valence-electron chi connectivity index (χ1n) is 4.70. The van der Waals surface area contributed by atoms with Gasteiger partial charge >= 0.3 is 0 Å². The molecule has 0 aliphatic heterocycles. The van der Waals surface area contributed by atoms with E-state index < -0.39 is 5.54 Å². The van der Waals surface area contributed by atoms with E-state index in [-0.39, 0.29) is 13.2 Å². The number of hydrogen-bond donors (Lipinski definition) is 3. The Morgan fingerprint density at radius 2 is 1.85 bits per heavy atom. The van der Waals surface area contributed by atoms with Crippen molar-refractivity contribution >= 4 is 0 Å². The Labute approximate surface area is 80.5 Å². The summed E-state index contributed by atoms with van der Waals surface area (Å²) < 4.78 is 0. The maximum absolute atomic E-state index is 9.10. The third kappa shape index (κ3) is 4.41. The first-order valence-corrected chi connectivity index (χ1v) is 4.70. The van der Waals surface area contributed by atoms with Gasteiger partial charge in [0.05, 0.1) is 18.8 Å². The lowest BCUT2D eigenvalue weighted by Gasteiger charge is -2.29. The van der Waals surface area contributed by atoms with E-state index in [1.807, 2.05) is 26.8 Å². The van der Waals surface area contributed by atoms with E-state index in [9.17, 15) is 0 Å². The number of hydrogen-bond acceptors (Lipinski definition) is 3. The minimum absolute atomic E-state index is 0.0311. The van der Waals surface area contributed by atoms with Gasteiger partial charge in [0.1, 0.15) is 0 Å². The molecule has 3 N–H and O–H groups in total. The second kappa shape index (κ2) is 6.13. The van der Waals surface area contributed by atoms with Crippen molar-refractivity contribution in [2.24, 2.45) is 0 Å². The van der Waals surface area contributed by atoms with Crippen LogP contribution in [0.3, 0.4) is 0 Å². The summed E-state index contributed by atoms with van der Waals surface area (Å²) in [6, 6.07) is 0. The minimum Gasteiger partial charge on any atom is -0.394 e.